The summed E-state index contributed by atoms with van der Waals surface area (Å²) in [5.41, 5.74) is 2.78. The van der Waals surface area contributed by atoms with Crippen molar-refractivity contribution in [1.82, 2.24) is 5.32 Å². The molecule has 2 atom stereocenters. The number of carbonyl (C=O) groups excluding carboxylic acids is 3. The number of amides is 1. The average Bonchev–Trinajstić information content (AvgIpc) is 2.79. The number of rotatable bonds is 11. The van der Waals surface area contributed by atoms with Crippen molar-refractivity contribution in [1.29, 1.82) is 0 Å². The molecule has 0 radical (unpaired) electrons. The summed E-state index contributed by atoms with van der Waals surface area (Å²) in [4.78, 5) is 35.8. The van der Waals surface area contributed by atoms with E-state index < -0.39 is 42.6 Å². The van der Waals surface area contributed by atoms with Crippen LogP contribution in [0.4, 0.5) is 0 Å². The summed E-state index contributed by atoms with van der Waals surface area (Å²) >= 11 is 0. The molecule has 2 rings (SSSR count). The van der Waals surface area contributed by atoms with Crippen molar-refractivity contribution >= 4 is 17.8 Å². The van der Waals surface area contributed by atoms with Gasteiger partial charge in [-0.05, 0) is 42.8 Å². The number of carboxylic acids is 1. The second-order valence-corrected chi connectivity index (χ2v) is 6.86. The second-order valence-electron chi connectivity index (χ2n) is 6.86. The van der Waals surface area contributed by atoms with Crippen molar-refractivity contribution in [2.24, 2.45) is 5.92 Å². The third kappa shape index (κ3) is 9.68. The Morgan fingerprint density at radius 1 is 1.03 bits per heavy atom. The topological polar surface area (TPSA) is 95.5 Å². The van der Waals surface area contributed by atoms with Crippen molar-refractivity contribution in [3.05, 3.63) is 60.2 Å². The molecule has 0 spiro atoms. The van der Waals surface area contributed by atoms with E-state index in [0.29, 0.717) is 0 Å². The average molecular weight is 438 g/mol. The molecule has 0 aliphatic rings. The van der Waals surface area contributed by atoms with Gasteiger partial charge < -0.3 is 20.0 Å². The van der Waals surface area contributed by atoms with Crippen LogP contribution in [0.1, 0.15) is 44.1 Å². The van der Waals surface area contributed by atoms with E-state index in [1.165, 1.54) is 0 Å². The molecule has 1 N–H and O–H groups in total. The van der Waals surface area contributed by atoms with Crippen molar-refractivity contribution in [2.45, 2.75) is 45.5 Å². The smallest absolute Gasteiger partial charge is 0.550 e. The maximum atomic E-state index is 12.6. The van der Waals surface area contributed by atoms with E-state index >= 15 is 0 Å². The molecule has 0 aliphatic carbocycles. The van der Waals surface area contributed by atoms with Crippen molar-refractivity contribution in [3.63, 3.8) is 0 Å². The summed E-state index contributed by atoms with van der Waals surface area (Å²) in [6.45, 7) is 3.44. The monoisotopic (exact) mass is 437 g/mol. The fourth-order valence-electron chi connectivity index (χ4n) is 3.08. The molecule has 2 aromatic carbocycles. The van der Waals surface area contributed by atoms with Crippen LogP contribution >= 0.6 is 0 Å². The molecule has 0 bridgehead atoms. The molecule has 1 amide bonds. The van der Waals surface area contributed by atoms with E-state index in [2.05, 4.69) is 5.32 Å². The van der Waals surface area contributed by atoms with Crippen LogP contribution in [0.15, 0.2) is 54.6 Å². The Hall–Kier alpha value is -2.15. The van der Waals surface area contributed by atoms with Crippen LogP contribution in [0.25, 0.3) is 11.1 Å². The van der Waals surface area contributed by atoms with Gasteiger partial charge in [-0.1, -0.05) is 61.5 Å². The molecule has 0 saturated carbocycles. The molecule has 0 fully saturated rings. The van der Waals surface area contributed by atoms with Crippen molar-refractivity contribution in [2.75, 3.05) is 6.61 Å². The summed E-state index contributed by atoms with van der Waals surface area (Å²) < 4.78 is 35.4. The number of benzene rings is 2. The fraction of sp³-hybridized carbons (Fsp3) is 0.375. The summed E-state index contributed by atoms with van der Waals surface area (Å²) in [7, 11) is 0. The van der Waals surface area contributed by atoms with E-state index in [1.807, 2.05) is 54.6 Å². The molecule has 31 heavy (non-hydrogen) atoms. The Balaban J connectivity index is 0.00000612. The second kappa shape index (κ2) is 14.0. The molecule has 0 heterocycles. The van der Waals surface area contributed by atoms with Crippen LogP contribution in [0.2, 0.25) is 0 Å². The fourth-order valence-corrected chi connectivity index (χ4v) is 3.08. The predicted octanol–water partition coefficient (Wildman–Crippen LogP) is -0.496. The Morgan fingerprint density at radius 3 is 2.23 bits per heavy atom. The Morgan fingerprint density at radius 2 is 1.65 bits per heavy atom. The number of hydrogen-bond acceptors (Lipinski definition) is 5. The molecule has 160 valence electrons. The van der Waals surface area contributed by atoms with Crippen LogP contribution in [0.5, 0.6) is 0 Å². The van der Waals surface area contributed by atoms with Crippen LogP contribution < -0.4 is 40.0 Å². The van der Waals surface area contributed by atoms with Gasteiger partial charge >= 0.3 is 35.5 Å². The van der Waals surface area contributed by atoms with Crippen LogP contribution in [0.3, 0.4) is 0 Å². The molecule has 0 aromatic heterocycles. The van der Waals surface area contributed by atoms with Gasteiger partial charge in [0.1, 0.15) is 0 Å². The largest absolute Gasteiger partial charge is 1.00 e. The number of carbonyl (C=O) groups is 3. The first-order chi connectivity index (χ1) is 15.9. The summed E-state index contributed by atoms with van der Waals surface area (Å²) in [6.07, 6.45) is -6.66. The molecule has 6 nitrogen and oxygen atoms in total. The number of ether oxygens (including phenoxy) is 1. The van der Waals surface area contributed by atoms with Gasteiger partial charge in [0.25, 0.3) is 0 Å². The molecular formula is C24H28NNaO5. The first-order valence-electron chi connectivity index (χ1n) is 11.7. The Labute approximate surface area is 211 Å². The van der Waals surface area contributed by atoms with E-state index in [1.54, 1.807) is 13.8 Å². The Bertz CT molecular complexity index is 1000. The van der Waals surface area contributed by atoms with Gasteiger partial charge in [-0.2, -0.15) is 0 Å². The third-order valence-electron chi connectivity index (χ3n) is 4.48. The maximum absolute atomic E-state index is 12.6. The van der Waals surface area contributed by atoms with Gasteiger partial charge in [0, 0.05) is 23.9 Å². The van der Waals surface area contributed by atoms with E-state index in [-0.39, 0.29) is 49.0 Å². The minimum atomic E-state index is -3.55. The zero-order valence-corrected chi connectivity index (χ0v) is 20.0. The third-order valence-corrected chi connectivity index (χ3v) is 4.48. The van der Waals surface area contributed by atoms with Crippen molar-refractivity contribution in [3.8, 4) is 11.1 Å². The van der Waals surface area contributed by atoms with Gasteiger partial charge in [0.05, 0.1) is 12.5 Å². The molecule has 0 unspecified atom stereocenters. The summed E-state index contributed by atoms with van der Waals surface area (Å²) in [5.74, 6) is -4.91. The molecule has 0 aliphatic heterocycles. The van der Waals surface area contributed by atoms with Gasteiger partial charge in [-0.25, -0.2) is 0 Å². The van der Waals surface area contributed by atoms with Gasteiger partial charge in [-0.3, -0.25) is 9.59 Å². The molecule has 0 saturated heterocycles. The van der Waals surface area contributed by atoms with E-state index in [0.717, 1.165) is 16.7 Å². The summed E-state index contributed by atoms with van der Waals surface area (Å²) in [5, 5.41) is 13.5. The van der Waals surface area contributed by atoms with Gasteiger partial charge in [0.15, 0.2) is 0 Å². The molecule has 7 heteroatoms. The van der Waals surface area contributed by atoms with Crippen molar-refractivity contribution < 1.29 is 59.3 Å². The zero-order chi connectivity index (χ0) is 25.5. The number of aliphatic carboxylic acids is 1. The summed E-state index contributed by atoms with van der Waals surface area (Å²) in [6, 6.07) is 16.4. The number of carboxylic acid groups (broad SMARTS) is 1. The maximum Gasteiger partial charge on any atom is 1.00 e. The van der Waals surface area contributed by atoms with Crippen LogP contribution in [-0.4, -0.2) is 30.5 Å². The first kappa shape index (κ1) is 20.7. The van der Waals surface area contributed by atoms with Crippen LogP contribution in [0, 0.1) is 5.92 Å². The first-order valence-corrected chi connectivity index (χ1v) is 9.73. The molecule has 2 aromatic rings. The van der Waals surface area contributed by atoms with E-state index in [9.17, 15) is 19.5 Å². The van der Waals surface area contributed by atoms with Gasteiger partial charge in [0.2, 0.25) is 5.91 Å². The standard InChI is InChI=1S/C24H29NO5.Na/c1-3-30-24(29)17(2)15-21(25-22(26)13-14-23(27)28)16-18-9-11-20(12-10-18)19-7-5-4-6-8-19;/h4-12,17,21H,3,13-16H2,1-2H3,(H,25,26)(H,27,28);/q;+1/p-1/t17-,21-;/m1./s1/i13D2,14D2;. The Kier molecular flexibility index (Phi) is 9.37. The quantitative estimate of drug-likeness (QED) is 0.378. The number of esters is 1. The minimum Gasteiger partial charge on any atom is -0.550 e. The minimum absolute atomic E-state index is 0. The van der Waals surface area contributed by atoms with E-state index in [4.69, 9.17) is 10.2 Å². The molecular weight excluding hydrogens is 405 g/mol. The predicted molar refractivity (Wildman–Crippen MR) is 112 cm³/mol. The zero-order valence-electron chi connectivity index (χ0n) is 22.0. The number of hydrogen-bond donors (Lipinski definition) is 1. The van der Waals surface area contributed by atoms with Crippen LogP contribution in [-0.2, 0) is 25.5 Å². The normalized spacial score (nSPS) is 15.0. The van der Waals surface area contributed by atoms with Gasteiger partial charge in [-0.15, -0.1) is 0 Å². The number of nitrogens with one attached hydrogen (secondary N) is 1. The SMILES string of the molecule is [2H]C([2H])(C(=O)[O-])C([2H])([2H])C(=O)N[C@@H](Cc1ccc(-c2ccccc2)cc1)C[C@@H](C)C(=O)OCC.[Na+].